The van der Waals surface area contributed by atoms with Crippen LogP contribution in [0.5, 0.6) is 5.75 Å². The molecule has 2 N–H and O–H groups in total. The minimum Gasteiger partial charge on any atom is -0.484 e. The third-order valence-corrected chi connectivity index (χ3v) is 4.34. The van der Waals surface area contributed by atoms with E-state index < -0.39 is 5.91 Å². The average molecular weight is 417 g/mol. The number of hydrogen-bond acceptors (Lipinski definition) is 5. The number of halogens is 1. The highest BCUT2D eigenvalue weighted by Crippen LogP contribution is 2.24. The van der Waals surface area contributed by atoms with Crippen LogP contribution in [0.25, 0.3) is 0 Å². The standard InChI is InChI=1S/C20H21ClN4O4/c1-3-10-22-20(27)18-15(11-23-25(18)2)24-19(26)17-9-8-13(29-17)12-28-16-7-5-4-6-14(16)21/h4-9,11H,3,10,12H2,1-2H3,(H,22,27)(H,24,26). The average Bonchev–Trinajstić information content (AvgIpc) is 3.32. The number of furan rings is 1. The molecule has 0 aliphatic rings. The number of nitrogens with one attached hydrogen (secondary N) is 2. The second-order valence-electron chi connectivity index (χ2n) is 6.23. The highest BCUT2D eigenvalue weighted by atomic mass is 35.5. The van der Waals surface area contributed by atoms with Gasteiger partial charge in [-0.25, -0.2) is 0 Å². The highest BCUT2D eigenvalue weighted by molar-refractivity contribution is 6.32. The van der Waals surface area contributed by atoms with Crippen LogP contribution in [-0.4, -0.2) is 28.1 Å². The first-order chi connectivity index (χ1) is 14.0. The van der Waals surface area contributed by atoms with Crippen molar-refractivity contribution in [3.63, 3.8) is 0 Å². The minimum atomic E-state index is -0.494. The van der Waals surface area contributed by atoms with Gasteiger partial charge in [-0.05, 0) is 30.7 Å². The second-order valence-corrected chi connectivity index (χ2v) is 6.63. The summed E-state index contributed by atoms with van der Waals surface area (Å²) in [6.07, 6.45) is 2.22. The number of carbonyl (C=O) groups is 2. The van der Waals surface area contributed by atoms with Gasteiger partial charge < -0.3 is 19.8 Å². The molecule has 0 unspecified atom stereocenters. The summed E-state index contributed by atoms with van der Waals surface area (Å²) in [7, 11) is 1.63. The molecule has 0 saturated heterocycles. The van der Waals surface area contributed by atoms with Gasteiger partial charge in [0.25, 0.3) is 11.8 Å². The lowest BCUT2D eigenvalue weighted by molar-refractivity contribution is 0.0945. The summed E-state index contributed by atoms with van der Waals surface area (Å²) in [5.41, 5.74) is 0.567. The van der Waals surface area contributed by atoms with Gasteiger partial charge >= 0.3 is 0 Å². The Bertz CT molecular complexity index is 1010. The Kier molecular flexibility index (Phi) is 6.56. The van der Waals surface area contributed by atoms with Crippen molar-refractivity contribution in [3.8, 4) is 5.75 Å². The van der Waals surface area contributed by atoms with Gasteiger partial charge in [0, 0.05) is 13.6 Å². The van der Waals surface area contributed by atoms with Gasteiger partial charge in [-0.2, -0.15) is 5.10 Å². The maximum atomic E-state index is 12.5. The molecule has 0 aliphatic carbocycles. The molecule has 152 valence electrons. The number of benzene rings is 1. The van der Waals surface area contributed by atoms with E-state index in [1.165, 1.54) is 16.9 Å². The van der Waals surface area contributed by atoms with Crippen LogP contribution in [0.4, 0.5) is 5.69 Å². The lowest BCUT2D eigenvalue weighted by Gasteiger charge is -2.07. The van der Waals surface area contributed by atoms with Crippen LogP contribution in [0.1, 0.15) is 40.1 Å². The maximum Gasteiger partial charge on any atom is 0.291 e. The Morgan fingerprint density at radius 3 is 2.76 bits per heavy atom. The lowest BCUT2D eigenvalue weighted by atomic mass is 10.3. The molecule has 0 fully saturated rings. The highest BCUT2D eigenvalue weighted by Gasteiger charge is 2.20. The fourth-order valence-corrected chi connectivity index (χ4v) is 2.78. The van der Waals surface area contributed by atoms with E-state index in [0.29, 0.717) is 28.8 Å². The lowest BCUT2D eigenvalue weighted by Crippen LogP contribution is -2.27. The summed E-state index contributed by atoms with van der Waals surface area (Å²) in [5.74, 6) is 0.269. The summed E-state index contributed by atoms with van der Waals surface area (Å²) in [6, 6.07) is 10.3. The zero-order valence-corrected chi connectivity index (χ0v) is 16.8. The zero-order valence-electron chi connectivity index (χ0n) is 16.1. The number of rotatable bonds is 8. The number of anilines is 1. The predicted molar refractivity (Wildman–Crippen MR) is 108 cm³/mol. The van der Waals surface area contributed by atoms with Crippen molar-refractivity contribution >= 4 is 29.1 Å². The van der Waals surface area contributed by atoms with E-state index in [2.05, 4.69) is 15.7 Å². The van der Waals surface area contributed by atoms with E-state index in [-0.39, 0.29) is 24.0 Å². The van der Waals surface area contributed by atoms with Gasteiger partial charge in [-0.3, -0.25) is 14.3 Å². The van der Waals surface area contributed by atoms with Crippen molar-refractivity contribution in [2.24, 2.45) is 7.05 Å². The molecule has 2 heterocycles. The molecule has 29 heavy (non-hydrogen) atoms. The number of ether oxygens (including phenoxy) is 1. The number of hydrogen-bond donors (Lipinski definition) is 2. The van der Waals surface area contributed by atoms with Gasteiger partial charge in [-0.15, -0.1) is 0 Å². The summed E-state index contributed by atoms with van der Waals surface area (Å²) < 4.78 is 12.6. The Hall–Kier alpha value is -3.26. The Morgan fingerprint density at radius 1 is 1.21 bits per heavy atom. The molecule has 0 bridgehead atoms. The van der Waals surface area contributed by atoms with Gasteiger partial charge in [-0.1, -0.05) is 30.7 Å². The molecule has 0 spiro atoms. The van der Waals surface area contributed by atoms with Crippen LogP contribution in [0.15, 0.2) is 47.0 Å². The van der Waals surface area contributed by atoms with E-state index in [4.69, 9.17) is 20.8 Å². The first-order valence-corrected chi connectivity index (χ1v) is 9.45. The number of carbonyl (C=O) groups excluding carboxylic acids is 2. The summed E-state index contributed by atoms with van der Waals surface area (Å²) in [4.78, 5) is 24.8. The molecule has 9 heteroatoms. The molecule has 3 aromatic rings. The van der Waals surface area contributed by atoms with Crippen molar-refractivity contribution in [1.29, 1.82) is 0 Å². The topological polar surface area (TPSA) is 98.4 Å². The number of para-hydroxylation sites is 1. The first-order valence-electron chi connectivity index (χ1n) is 9.07. The SMILES string of the molecule is CCCNC(=O)c1c(NC(=O)c2ccc(COc3ccccc3Cl)o2)cnn1C. The van der Waals surface area contributed by atoms with Gasteiger partial charge in [0.1, 0.15) is 23.8 Å². The van der Waals surface area contributed by atoms with Crippen molar-refractivity contribution < 1.29 is 18.7 Å². The van der Waals surface area contributed by atoms with E-state index in [9.17, 15) is 9.59 Å². The third-order valence-electron chi connectivity index (χ3n) is 4.03. The van der Waals surface area contributed by atoms with Gasteiger partial charge in [0.05, 0.1) is 16.9 Å². The van der Waals surface area contributed by atoms with E-state index >= 15 is 0 Å². The number of aryl methyl sites for hydroxylation is 1. The van der Waals surface area contributed by atoms with Gasteiger partial charge in [0.2, 0.25) is 0 Å². The van der Waals surface area contributed by atoms with Crippen LogP contribution in [-0.2, 0) is 13.7 Å². The summed E-state index contributed by atoms with van der Waals surface area (Å²) >= 11 is 6.05. The quantitative estimate of drug-likeness (QED) is 0.584. The van der Waals surface area contributed by atoms with Crippen LogP contribution in [0, 0.1) is 0 Å². The Labute approximate surface area is 172 Å². The molecule has 0 saturated carbocycles. The Balaban J connectivity index is 1.65. The second kappa shape index (κ2) is 9.29. The Morgan fingerprint density at radius 2 is 2.00 bits per heavy atom. The minimum absolute atomic E-state index is 0.0894. The number of nitrogens with zero attached hydrogens (tertiary/aromatic N) is 2. The third kappa shape index (κ3) is 4.97. The van der Waals surface area contributed by atoms with E-state index in [0.717, 1.165) is 6.42 Å². The summed E-state index contributed by atoms with van der Waals surface area (Å²) in [5, 5.41) is 9.97. The fourth-order valence-electron chi connectivity index (χ4n) is 2.59. The normalized spacial score (nSPS) is 10.6. The summed E-state index contributed by atoms with van der Waals surface area (Å²) in [6.45, 7) is 2.61. The molecule has 0 aliphatic heterocycles. The van der Waals surface area contributed by atoms with E-state index in [1.807, 2.05) is 13.0 Å². The zero-order chi connectivity index (χ0) is 20.8. The van der Waals surface area contributed by atoms with Crippen molar-refractivity contribution in [2.75, 3.05) is 11.9 Å². The first kappa shape index (κ1) is 20.5. The largest absolute Gasteiger partial charge is 0.484 e. The van der Waals surface area contributed by atoms with Crippen LogP contribution < -0.4 is 15.4 Å². The maximum absolute atomic E-state index is 12.5. The van der Waals surface area contributed by atoms with Crippen LogP contribution in [0.2, 0.25) is 5.02 Å². The van der Waals surface area contributed by atoms with Crippen LogP contribution >= 0.6 is 11.6 Å². The molecule has 1 aromatic carbocycles. The predicted octanol–water partition coefficient (Wildman–Crippen LogP) is 3.64. The van der Waals surface area contributed by atoms with Crippen molar-refractivity contribution in [3.05, 3.63) is 64.8 Å². The number of amides is 2. The number of aromatic nitrogens is 2. The fraction of sp³-hybridized carbons (Fsp3) is 0.250. The molecular formula is C20H21ClN4O4. The van der Waals surface area contributed by atoms with Gasteiger partial charge in [0.15, 0.2) is 5.76 Å². The monoisotopic (exact) mass is 416 g/mol. The molecule has 3 rings (SSSR count). The van der Waals surface area contributed by atoms with Crippen molar-refractivity contribution in [2.45, 2.75) is 20.0 Å². The molecule has 2 amide bonds. The molecule has 2 aromatic heterocycles. The van der Waals surface area contributed by atoms with Crippen molar-refractivity contribution in [1.82, 2.24) is 15.1 Å². The smallest absolute Gasteiger partial charge is 0.291 e. The van der Waals surface area contributed by atoms with E-state index in [1.54, 1.807) is 31.3 Å². The molecule has 8 nitrogen and oxygen atoms in total. The molecule has 0 radical (unpaired) electrons. The van der Waals surface area contributed by atoms with Crippen LogP contribution in [0.3, 0.4) is 0 Å². The molecular weight excluding hydrogens is 396 g/mol. The molecule has 0 atom stereocenters.